The Kier molecular flexibility index (Phi) is 5.46. The Balaban J connectivity index is 1.87. The third kappa shape index (κ3) is 4.55. The molecule has 3 aromatic carbocycles. The monoisotopic (exact) mass is 398 g/mol. The van der Waals surface area contributed by atoms with Crippen molar-refractivity contribution in [2.45, 2.75) is 18.7 Å². The molecule has 2 N–H and O–H groups in total. The second-order valence-electron chi connectivity index (χ2n) is 6.41. The zero-order chi connectivity index (χ0) is 20.3. The van der Waals surface area contributed by atoms with E-state index >= 15 is 0 Å². The zero-order valence-corrected chi connectivity index (χ0v) is 16.2. The van der Waals surface area contributed by atoms with Gasteiger partial charge in [0, 0.05) is 16.9 Å². The van der Waals surface area contributed by atoms with Crippen LogP contribution in [-0.2, 0) is 10.0 Å². The number of sulfonamides is 1. The van der Waals surface area contributed by atoms with Crippen LogP contribution in [0.3, 0.4) is 0 Å². The first-order valence-corrected chi connectivity index (χ1v) is 10.00. The van der Waals surface area contributed by atoms with Gasteiger partial charge < -0.3 is 5.32 Å². The average Bonchev–Trinajstić information content (AvgIpc) is 2.63. The van der Waals surface area contributed by atoms with E-state index in [4.69, 9.17) is 0 Å². The molecule has 1 amide bonds. The second-order valence-corrected chi connectivity index (χ2v) is 8.10. The number of halogens is 1. The van der Waals surface area contributed by atoms with Crippen molar-refractivity contribution in [3.63, 3.8) is 0 Å². The van der Waals surface area contributed by atoms with Gasteiger partial charge >= 0.3 is 0 Å². The topological polar surface area (TPSA) is 75.3 Å². The fourth-order valence-corrected chi connectivity index (χ4v) is 3.75. The number of benzene rings is 3. The summed E-state index contributed by atoms with van der Waals surface area (Å²) in [6.45, 7) is 3.64. The summed E-state index contributed by atoms with van der Waals surface area (Å²) in [7, 11) is -3.93. The molecule has 3 aromatic rings. The Morgan fingerprint density at radius 2 is 1.61 bits per heavy atom. The van der Waals surface area contributed by atoms with Gasteiger partial charge in [-0.05, 0) is 73.5 Å². The van der Waals surface area contributed by atoms with Gasteiger partial charge in [0.05, 0.1) is 4.90 Å². The molecular formula is C21H19FN2O3S. The largest absolute Gasteiger partial charge is 0.322 e. The lowest BCUT2D eigenvalue weighted by molar-refractivity contribution is 0.102. The van der Waals surface area contributed by atoms with Crippen molar-refractivity contribution in [3.05, 3.63) is 89.2 Å². The molecule has 3 rings (SSSR count). The van der Waals surface area contributed by atoms with Crippen LogP contribution in [-0.4, -0.2) is 14.3 Å². The normalized spacial score (nSPS) is 11.1. The van der Waals surface area contributed by atoms with Crippen molar-refractivity contribution in [1.29, 1.82) is 0 Å². The molecule has 0 bridgehead atoms. The quantitative estimate of drug-likeness (QED) is 0.665. The highest BCUT2D eigenvalue weighted by Gasteiger charge is 2.18. The molecule has 0 radical (unpaired) electrons. The Bertz CT molecular complexity index is 1130. The van der Waals surface area contributed by atoms with Gasteiger partial charge in [0.1, 0.15) is 5.82 Å². The minimum atomic E-state index is -3.93. The molecule has 0 atom stereocenters. The van der Waals surface area contributed by atoms with Crippen LogP contribution in [0.5, 0.6) is 0 Å². The van der Waals surface area contributed by atoms with Crippen LogP contribution in [0.25, 0.3) is 0 Å². The lowest BCUT2D eigenvalue weighted by atomic mass is 10.1. The molecule has 28 heavy (non-hydrogen) atoms. The van der Waals surface area contributed by atoms with Crippen LogP contribution < -0.4 is 10.0 Å². The van der Waals surface area contributed by atoms with Crippen molar-refractivity contribution >= 4 is 27.3 Å². The van der Waals surface area contributed by atoms with Gasteiger partial charge in [-0.1, -0.05) is 18.2 Å². The predicted molar refractivity (Wildman–Crippen MR) is 108 cm³/mol. The van der Waals surface area contributed by atoms with Gasteiger partial charge in [0.2, 0.25) is 0 Å². The molecule has 0 aliphatic rings. The SMILES string of the molecule is Cc1cccc(NC(=O)c2cc(S(=O)(=O)Nc3ccc(F)cc3)ccc2C)c1. The molecule has 0 fully saturated rings. The fourth-order valence-electron chi connectivity index (χ4n) is 2.67. The molecule has 0 aliphatic carbocycles. The fraction of sp³-hybridized carbons (Fsp3) is 0.0952. The zero-order valence-electron chi connectivity index (χ0n) is 15.4. The maximum Gasteiger partial charge on any atom is 0.261 e. The molecule has 144 valence electrons. The van der Waals surface area contributed by atoms with E-state index in [-0.39, 0.29) is 16.1 Å². The number of carbonyl (C=O) groups is 1. The summed E-state index contributed by atoms with van der Waals surface area (Å²) in [4.78, 5) is 12.6. The summed E-state index contributed by atoms with van der Waals surface area (Å²) in [5.74, 6) is -0.865. The van der Waals surface area contributed by atoms with Crippen LogP contribution in [0.1, 0.15) is 21.5 Å². The Morgan fingerprint density at radius 1 is 0.893 bits per heavy atom. The highest BCUT2D eigenvalue weighted by Crippen LogP contribution is 2.21. The van der Waals surface area contributed by atoms with E-state index in [1.165, 1.54) is 24.3 Å². The number of amides is 1. The average molecular weight is 398 g/mol. The van der Waals surface area contributed by atoms with Crippen molar-refractivity contribution in [3.8, 4) is 0 Å². The summed E-state index contributed by atoms with van der Waals surface area (Å²) in [5, 5.41) is 2.78. The van der Waals surface area contributed by atoms with E-state index in [0.717, 1.165) is 17.7 Å². The summed E-state index contributed by atoms with van der Waals surface area (Å²) in [5.41, 5.74) is 2.75. The van der Waals surface area contributed by atoms with Crippen LogP contribution >= 0.6 is 0 Å². The molecule has 0 saturated heterocycles. The van der Waals surface area contributed by atoms with Gasteiger partial charge in [-0.25, -0.2) is 12.8 Å². The van der Waals surface area contributed by atoms with Crippen molar-refractivity contribution in [2.75, 3.05) is 10.0 Å². The van der Waals surface area contributed by atoms with Gasteiger partial charge in [-0.15, -0.1) is 0 Å². The first-order valence-electron chi connectivity index (χ1n) is 8.52. The molecule has 5 nitrogen and oxygen atoms in total. The standard InChI is InChI=1S/C21H19FN2O3S/c1-14-4-3-5-18(12-14)23-21(25)20-13-19(11-6-15(20)2)28(26,27)24-17-9-7-16(22)8-10-17/h3-13,24H,1-2H3,(H,23,25). The maximum absolute atomic E-state index is 13.0. The van der Waals surface area contributed by atoms with E-state index in [1.807, 2.05) is 25.1 Å². The smallest absolute Gasteiger partial charge is 0.261 e. The van der Waals surface area contributed by atoms with E-state index in [0.29, 0.717) is 11.3 Å². The summed E-state index contributed by atoms with van der Waals surface area (Å²) in [6, 6.07) is 16.6. The number of nitrogens with one attached hydrogen (secondary N) is 2. The van der Waals surface area contributed by atoms with E-state index in [2.05, 4.69) is 10.0 Å². The highest BCUT2D eigenvalue weighted by molar-refractivity contribution is 7.92. The highest BCUT2D eigenvalue weighted by atomic mass is 32.2. The lowest BCUT2D eigenvalue weighted by Crippen LogP contribution is -2.17. The Morgan fingerprint density at radius 3 is 2.29 bits per heavy atom. The minimum Gasteiger partial charge on any atom is -0.322 e. The number of rotatable bonds is 5. The van der Waals surface area contributed by atoms with Crippen LogP contribution in [0, 0.1) is 19.7 Å². The van der Waals surface area contributed by atoms with Crippen LogP contribution in [0.4, 0.5) is 15.8 Å². The summed E-state index contributed by atoms with van der Waals surface area (Å²) >= 11 is 0. The first-order chi connectivity index (χ1) is 13.2. The number of hydrogen-bond donors (Lipinski definition) is 2. The Labute approximate surface area is 163 Å². The lowest BCUT2D eigenvalue weighted by Gasteiger charge is -2.12. The second kappa shape index (κ2) is 7.82. The summed E-state index contributed by atoms with van der Waals surface area (Å²) < 4.78 is 40.7. The molecule has 0 heterocycles. The molecule has 7 heteroatoms. The van der Waals surface area contributed by atoms with Gasteiger partial charge in [-0.2, -0.15) is 0 Å². The van der Waals surface area contributed by atoms with Crippen molar-refractivity contribution < 1.29 is 17.6 Å². The third-order valence-electron chi connectivity index (χ3n) is 4.14. The molecule has 0 aromatic heterocycles. The minimum absolute atomic E-state index is 0.0585. The van der Waals surface area contributed by atoms with Crippen molar-refractivity contribution in [1.82, 2.24) is 0 Å². The number of anilines is 2. The number of aryl methyl sites for hydroxylation is 2. The maximum atomic E-state index is 13.0. The van der Waals surface area contributed by atoms with E-state index in [1.54, 1.807) is 19.1 Å². The Hall–Kier alpha value is -3.19. The summed E-state index contributed by atoms with van der Waals surface area (Å²) in [6.07, 6.45) is 0. The third-order valence-corrected chi connectivity index (χ3v) is 5.52. The van der Waals surface area contributed by atoms with E-state index in [9.17, 15) is 17.6 Å². The number of hydrogen-bond acceptors (Lipinski definition) is 3. The van der Waals surface area contributed by atoms with Gasteiger partial charge in [0.15, 0.2) is 0 Å². The van der Waals surface area contributed by atoms with Gasteiger partial charge in [-0.3, -0.25) is 9.52 Å². The van der Waals surface area contributed by atoms with Crippen molar-refractivity contribution in [2.24, 2.45) is 0 Å². The van der Waals surface area contributed by atoms with Gasteiger partial charge in [0.25, 0.3) is 15.9 Å². The molecular weight excluding hydrogens is 379 g/mol. The molecule has 0 spiro atoms. The predicted octanol–water partition coefficient (Wildman–Crippen LogP) is 4.50. The van der Waals surface area contributed by atoms with E-state index < -0.39 is 21.7 Å². The molecule has 0 aliphatic heterocycles. The molecule has 0 saturated carbocycles. The first kappa shape index (κ1) is 19.6. The molecule has 0 unspecified atom stereocenters. The van der Waals surface area contributed by atoms with Crippen LogP contribution in [0.15, 0.2) is 71.6 Å². The number of carbonyl (C=O) groups excluding carboxylic acids is 1. The van der Waals surface area contributed by atoms with Crippen LogP contribution in [0.2, 0.25) is 0 Å².